The number of aromatic nitrogens is 1. The Hall–Kier alpha value is -2.88. The monoisotopic (exact) mass is 334 g/mol. The topological polar surface area (TPSA) is 54.4 Å². The molecule has 0 saturated heterocycles. The lowest BCUT2D eigenvalue weighted by Gasteiger charge is -2.12. The van der Waals surface area contributed by atoms with E-state index in [1.54, 1.807) is 12.1 Å². The summed E-state index contributed by atoms with van der Waals surface area (Å²) in [6, 6.07) is 9.60. The molecule has 4 nitrogen and oxygen atoms in total. The van der Waals surface area contributed by atoms with E-state index in [9.17, 15) is 4.79 Å². The van der Waals surface area contributed by atoms with E-state index in [0.29, 0.717) is 5.56 Å². The lowest BCUT2D eigenvalue weighted by Crippen LogP contribution is -2.02. The highest BCUT2D eigenvalue weighted by Gasteiger charge is 2.20. The van der Waals surface area contributed by atoms with Crippen LogP contribution in [0.25, 0.3) is 5.57 Å². The third-order valence-electron chi connectivity index (χ3n) is 4.32. The van der Waals surface area contributed by atoms with Crippen molar-refractivity contribution in [3.63, 3.8) is 0 Å². The van der Waals surface area contributed by atoms with Crippen molar-refractivity contribution in [3.8, 4) is 0 Å². The maximum atomic E-state index is 11.7. The van der Waals surface area contributed by atoms with Gasteiger partial charge in [0.2, 0.25) is 0 Å². The molecule has 1 aromatic carbocycles. The minimum atomic E-state index is -0.335. The smallest absolute Gasteiger partial charge is 0.337 e. The molecule has 128 valence electrons. The molecular weight excluding hydrogens is 312 g/mol. The number of esters is 1. The number of hydrogen-bond acceptors (Lipinski definition) is 3. The Kier molecular flexibility index (Phi) is 4.45. The van der Waals surface area contributed by atoms with Crippen LogP contribution in [-0.4, -0.2) is 23.8 Å². The van der Waals surface area contributed by atoms with Crippen LogP contribution in [0.2, 0.25) is 0 Å². The van der Waals surface area contributed by atoms with Crippen LogP contribution in [0.15, 0.2) is 52.7 Å². The summed E-state index contributed by atoms with van der Waals surface area (Å²) in [7, 11) is 1.39. The number of benzene rings is 1. The molecule has 0 aliphatic carbocycles. The molecule has 3 rings (SSSR count). The molecule has 1 N–H and O–H groups in total. The number of H-pyrrole nitrogens is 1. The van der Waals surface area contributed by atoms with Gasteiger partial charge in [0.1, 0.15) is 0 Å². The van der Waals surface area contributed by atoms with E-state index in [2.05, 4.69) is 31.0 Å². The number of allylic oxidation sites excluding steroid dienone is 2. The number of aromatic amines is 1. The molecule has 2 aromatic rings. The number of nitrogens with one attached hydrogen (secondary N) is 1. The van der Waals surface area contributed by atoms with Crippen LogP contribution in [0, 0.1) is 13.8 Å². The average molecular weight is 334 g/mol. The second-order valence-corrected chi connectivity index (χ2v) is 6.38. The van der Waals surface area contributed by atoms with Crippen molar-refractivity contribution in [3.05, 3.63) is 75.8 Å². The van der Waals surface area contributed by atoms with Crippen molar-refractivity contribution < 1.29 is 9.53 Å². The molecule has 0 bridgehead atoms. The van der Waals surface area contributed by atoms with E-state index in [4.69, 9.17) is 9.73 Å². The van der Waals surface area contributed by atoms with Gasteiger partial charge in [0.05, 0.1) is 24.1 Å². The van der Waals surface area contributed by atoms with E-state index in [1.165, 1.54) is 12.7 Å². The van der Waals surface area contributed by atoms with Gasteiger partial charge in [0.25, 0.3) is 0 Å². The van der Waals surface area contributed by atoms with Crippen molar-refractivity contribution >= 4 is 17.3 Å². The van der Waals surface area contributed by atoms with Gasteiger partial charge in [-0.15, -0.1) is 0 Å². The van der Waals surface area contributed by atoms with Crippen LogP contribution >= 0.6 is 0 Å². The van der Waals surface area contributed by atoms with Crippen LogP contribution < -0.4 is 0 Å². The molecule has 0 saturated carbocycles. The molecule has 0 atom stereocenters. The van der Waals surface area contributed by atoms with Crippen LogP contribution in [0.5, 0.6) is 0 Å². The lowest BCUT2D eigenvalue weighted by molar-refractivity contribution is 0.0600. The molecule has 0 fully saturated rings. The fraction of sp³-hybridized carbons (Fsp3) is 0.238. The number of hydrogen-bond donors (Lipinski definition) is 1. The fourth-order valence-electron chi connectivity index (χ4n) is 3.21. The number of carbonyl (C=O) groups is 1. The largest absolute Gasteiger partial charge is 0.465 e. The molecule has 1 aliphatic rings. The van der Waals surface area contributed by atoms with Gasteiger partial charge < -0.3 is 9.72 Å². The minimum Gasteiger partial charge on any atom is -0.465 e. The first-order chi connectivity index (χ1) is 11.9. The first kappa shape index (κ1) is 17.0. The SMILES string of the molecule is COC(=O)c1ccc(/C(=C2/N=C(C)C=C2C)c2[nH]c(C)cc2C)cc1. The summed E-state index contributed by atoms with van der Waals surface area (Å²) in [5, 5.41) is 0. The fourth-order valence-corrected chi connectivity index (χ4v) is 3.21. The predicted molar refractivity (Wildman–Crippen MR) is 101 cm³/mol. The molecule has 25 heavy (non-hydrogen) atoms. The molecular formula is C21H22N2O2. The highest BCUT2D eigenvalue weighted by molar-refractivity contribution is 6.01. The quantitative estimate of drug-likeness (QED) is 0.834. The van der Waals surface area contributed by atoms with Gasteiger partial charge >= 0.3 is 5.97 Å². The van der Waals surface area contributed by atoms with Crippen molar-refractivity contribution in [2.75, 3.05) is 7.11 Å². The summed E-state index contributed by atoms with van der Waals surface area (Å²) in [6.07, 6.45) is 2.09. The van der Waals surface area contributed by atoms with Gasteiger partial charge in [0, 0.05) is 17.0 Å². The number of nitrogens with zero attached hydrogens (tertiary/aromatic N) is 1. The highest BCUT2D eigenvalue weighted by atomic mass is 16.5. The van der Waals surface area contributed by atoms with E-state index < -0.39 is 0 Å². The molecule has 0 unspecified atom stereocenters. The van der Waals surface area contributed by atoms with Gasteiger partial charge in [-0.1, -0.05) is 12.1 Å². The number of ether oxygens (including phenoxy) is 1. The van der Waals surface area contributed by atoms with Gasteiger partial charge in [-0.3, -0.25) is 4.99 Å². The van der Waals surface area contributed by atoms with Gasteiger partial charge in [-0.2, -0.15) is 0 Å². The highest BCUT2D eigenvalue weighted by Crippen LogP contribution is 2.35. The minimum absolute atomic E-state index is 0.335. The van der Waals surface area contributed by atoms with Crippen molar-refractivity contribution in [1.29, 1.82) is 0 Å². The zero-order valence-corrected chi connectivity index (χ0v) is 15.2. The van der Waals surface area contributed by atoms with Crippen molar-refractivity contribution in [2.45, 2.75) is 27.7 Å². The lowest BCUT2D eigenvalue weighted by atomic mass is 9.95. The summed E-state index contributed by atoms with van der Waals surface area (Å²) in [5.41, 5.74) is 9.03. The normalized spacial score (nSPS) is 15.7. The van der Waals surface area contributed by atoms with Gasteiger partial charge in [-0.25, -0.2) is 4.79 Å². The molecule has 1 aromatic heterocycles. The molecule has 2 heterocycles. The van der Waals surface area contributed by atoms with E-state index in [-0.39, 0.29) is 5.97 Å². The van der Waals surface area contributed by atoms with Crippen LogP contribution in [0.4, 0.5) is 0 Å². The van der Waals surface area contributed by atoms with Crippen LogP contribution in [0.3, 0.4) is 0 Å². The first-order valence-corrected chi connectivity index (χ1v) is 8.24. The molecule has 0 amide bonds. The molecule has 1 aliphatic heterocycles. The van der Waals surface area contributed by atoms with E-state index in [1.807, 2.05) is 26.0 Å². The zero-order chi connectivity index (χ0) is 18.1. The Morgan fingerprint density at radius 2 is 1.68 bits per heavy atom. The number of aryl methyl sites for hydroxylation is 2. The summed E-state index contributed by atoms with van der Waals surface area (Å²) in [6.45, 7) is 8.21. The maximum absolute atomic E-state index is 11.7. The van der Waals surface area contributed by atoms with Gasteiger partial charge in [0.15, 0.2) is 0 Å². The van der Waals surface area contributed by atoms with Crippen molar-refractivity contribution in [1.82, 2.24) is 4.98 Å². The summed E-state index contributed by atoms with van der Waals surface area (Å²) >= 11 is 0. The second-order valence-electron chi connectivity index (χ2n) is 6.38. The predicted octanol–water partition coefficient (Wildman–Crippen LogP) is 4.60. The third-order valence-corrected chi connectivity index (χ3v) is 4.32. The number of methoxy groups -OCH3 is 1. The third kappa shape index (κ3) is 3.20. The molecule has 4 heteroatoms. The van der Waals surface area contributed by atoms with Crippen molar-refractivity contribution in [2.24, 2.45) is 4.99 Å². The van der Waals surface area contributed by atoms with E-state index in [0.717, 1.165) is 39.5 Å². The number of aliphatic imine (C=N–C) groups is 1. The van der Waals surface area contributed by atoms with E-state index >= 15 is 0 Å². The Balaban J connectivity index is 2.20. The summed E-state index contributed by atoms with van der Waals surface area (Å²) in [4.78, 5) is 19.9. The standard InChI is InChI=1S/C21H22N2O2/c1-12-10-14(3)22-19(12)18(20-13(2)11-15(4)23-20)16-6-8-17(9-7-16)21(24)25-5/h6-11,22H,1-5H3/b20-18-. The molecule has 0 spiro atoms. The van der Waals surface area contributed by atoms with Crippen LogP contribution in [0.1, 0.15) is 46.7 Å². The number of rotatable bonds is 3. The number of carbonyl (C=O) groups excluding carboxylic acids is 1. The Bertz CT molecular complexity index is 925. The van der Waals surface area contributed by atoms with Gasteiger partial charge in [-0.05, 0) is 68.7 Å². The second kappa shape index (κ2) is 6.55. The zero-order valence-electron chi connectivity index (χ0n) is 15.2. The first-order valence-electron chi connectivity index (χ1n) is 8.24. The Morgan fingerprint density at radius 1 is 1.04 bits per heavy atom. The Morgan fingerprint density at radius 3 is 2.16 bits per heavy atom. The van der Waals surface area contributed by atoms with Crippen LogP contribution in [-0.2, 0) is 4.74 Å². The summed E-state index contributed by atoms with van der Waals surface area (Å²) < 4.78 is 4.79. The molecule has 0 radical (unpaired) electrons. The maximum Gasteiger partial charge on any atom is 0.337 e. The average Bonchev–Trinajstić information content (AvgIpc) is 3.09. The summed E-state index contributed by atoms with van der Waals surface area (Å²) in [5.74, 6) is -0.335. The Labute approximate surface area is 147 Å².